The quantitative estimate of drug-likeness (QED) is 0.206. The molecule has 4 aromatic carbocycles. The Morgan fingerprint density at radius 2 is 1.64 bits per heavy atom. The van der Waals surface area contributed by atoms with Gasteiger partial charge in [-0.2, -0.15) is 0 Å². The lowest BCUT2D eigenvalue weighted by molar-refractivity contribution is -0.113. The molecule has 0 radical (unpaired) electrons. The Morgan fingerprint density at radius 3 is 2.34 bits per heavy atom. The zero-order chi connectivity index (χ0) is 32.9. The number of allylic oxidation sites excluding steroid dienone is 1. The Balaban J connectivity index is 1.32. The second kappa shape index (κ2) is 13.7. The van der Waals surface area contributed by atoms with Gasteiger partial charge in [0.2, 0.25) is 0 Å². The monoisotopic (exact) mass is 645 g/mol. The minimum Gasteiger partial charge on any atom is -0.494 e. The van der Waals surface area contributed by atoms with Crippen molar-refractivity contribution in [3.05, 3.63) is 156 Å². The van der Waals surface area contributed by atoms with Crippen molar-refractivity contribution in [2.24, 2.45) is 4.99 Å². The molecule has 2 N–H and O–H groups in total. The lowest BCUT2D eigenvalue weighted by atomic mass is 9.95. The first-order valence-electron chi connectivity index (χ1n) is 15.0. The minimum absolute atomic E-state index is 0.201. The molecule has 1 aliphatic rings. The minimum atomic E-state index is -0.992. The second-order valence-corrected chi connectivity index (χ2v) is 11.8. The van der Waals surface area contributed by atoms with Gasteiger partial charge in [-0.3, -0.25) is 14.2 Å². The van der Waals surface area contributed by atoms with Crippen molar-refractivity contribution in [3.8, 4) is 11.5 Å². The molecule has 0 spiro atoms. The summed E-state index contributed by atoms with van der Waals surface area (Å²) in [6.45, 7) is 4.43. The number of carboxylic acid groups (broad SMARTS) is 1. The van der Waals surface area contributed by atoms with E-state index in [4.69, 9.17) is 14.5 Å². The number of fused-ring (bicyclic) bond motifs is 1. The maximum Gasteiger partial charge on any atom is 0.335 e. The molecule has 47 heavy (non-hydrogen) atoms. The molecule has 0 unspecified atom stereocenters. The van der Waals surface area contributed by atoms with Gasteiger partial charge in [0.25, 0.3) is 11.5 Å². The number of nitrogens with zero attached hydrogens (tertiary/aromatic N) is 2. The number of carboxylic acids is 1. The number of benzene rings is 4. The van der Waals surface area contributed by atoms with Crippen molar-refractivity contribution in [1.82, 2.24) is 4.57 Å². The highest BCUT2D eigenvalue weighted by atomic mass is 32.1. The predicted molar refractivity (Wildman–Crippen MR) is 181 cm³/mol. The number of para-hydroxylation sites is 1. The lowest BCUT2D eigenvalue weighted by Gasteiger charge is -2.25. The Hall–Kier alpha value is -5.74. The van der Waals surface area contributed by atoms with Crippen LogP contribution in [0, 0.1) is 0 Å². The maximum atomic E-state index is 14.0. The molecule has 236 valence electrons. The number of carbonyl (C=O) groups excluding carboxylic acids is 1. The van der Waals surface area contributed by atoms with E-state index in [1.807, 2.05) is 73.7 Å². The molecule has 1 atom stereocenters. The van der Waals surface area contributed by atoms with Crippen LogP contribution in [0.3, 0.4) is 0 Å². The van der Waals surface area contributed by atoms with Gasteiger partial charge in [-0.1, -0.05) is 65.9 Å². The van der Waals surface area contributed by atoms with E-state index in [1.165, 1.54) is 17.4 Å². The number of ether oxygens (including phenoxy) is 2. The average Bonchev–Trinajstić information content (AvgIpc) is 3.38. The Labute approximate surface area is 274 Å². The zero-order valence-corrected chi connectivity index (χ0v) is 26.5. The van der Waals surface area contributed by atoms with Gasteiger partial charge in [0, 0.05) is 5.69 Å². The van der Waals surface area contributed by atoms with Gasteiger partial charge in [0.1, 0.15) is 18.1 Å². The van der Waals surface area contributed by atoms with E-state index < -0.39 is 12.0 Å². The van der Waals surface area contributed by atoms with E-state index in [2.05, 4.69) is 5.32 Å². The van der Waals surface area contributed by atoms with Crippen molar-refractivity contribution in [2.45, 2.75) is 26.5 Å². The highest BCUT2D eigenvalue weighted by molar-refractivity contribution is 7.07. The van der Waals surface area contributed by atoms with Crippen LogP contribution < -0.4 is 29.7 Å². The van der Waals surface area contributed by atoms with Crippen LogP contribution in [0.25, 0.3) is 6.08 Å². The number of anilines is 1. The summed E-state index contributed by atoms with van der Waals surface area (Å²) in [5, 5.41) is 12.2. The third-order valence-corrected chi connectivity index (χ3v) is 8.55. The number of aromatic carboxylic acids is 1. The molecule has 0 fully saturated rings. The van der Waals surface area contributed by atoms with Gasteiger partial charge in [-0.05, 0) is 85.1 Å². The summed E-state index contributed by atoms with van der Waals surface area (Å²) in [4.78, 5) is 44.3. The zero-order valence-electron chi connectivity index (χ0n) is 25.7. The fourth-order valence-electron chi connectivity index (χ4n) is 5.33. The molecule has 10 heteroatoms. The third kappa shape index (κ3) is 6.92. The second-order valence-electron chi connectivity index (χ2n) is 10.8. The Morgan fingerprint density at radius 1 is 0.936 bits per heavy atom. The predicted octanol–water partition coefficient (Wildman–Crippen LogP) is 5.55. The normalized spacial score (nSPS) is 14.3. The number of hydrogen-bond acceptors (Lipinski definition) is 7. The maximum absolute atomic E-state index is 14.0. The number of nitrogens with one attached hydrogen (secondary N) is 1. The fraction of sp³-hybridized carbons (Fsp3) is 0.135. The van der Waals surface area contributed by atoms with Crippen molar-refractivity contribution >= 4 is 35.0 Å². The molecule has 0 saturated heterocycles. The molecule has 0 bridgehead atoms. The largest absolute Gasteiger partial charge is 0.494 e. The van der Waals surface area contributed by atoms with Gasteiger partial charge < -0.3 is 19.9 Å². The van der Waals surface area contributed by atoms with Gasteiger partial charge in [0.15, 0.2) is 4.80 Å². The summed E-state index contributed by atoms with van der Waals surface area (Å²) in [7, 11) is 0. The van der Waals surface area contributed by atoms with Crippen LogP contribution >= 0.6 is 11.3 Å². The topological polar surface area (TPSA) is 119 Å². The molecule has 1 aliphatic heterocycles. The van der Waals surface area contributed by atoms with Gasteiger partial charge in [0.05, 0.1) is 34.0 Å². The Bertz CT molecular complexity index is 2150. The molecule has 6 rings (SSSR count). The highest BCUT2D eigenvalue weighted by Gasteiger charge is 2.32. The van der Waals surface area contributed by atoms with Gasteiger partial charge >= 0.3 is 5.97 Å². The molecular weight excluding hydrogens is 614 g/mol. The van der Waals surface area contributed by atoms with Crippen LogP contribution in [0.1, 0.15) is 46.9 Å². The van der Waals surface area contributed by atoms with Crippen LogP contribution in [-0.2, 0) is 11.4 Å². The average molecular weight is 646 g/mol. The highest BCUT2D eigenvalue weighted by Crippen LogP contribution is 2.32. The number of hydrogen-bond donors (Lipinski definition) is 2. The molecule has 9 nitrogen and oxygen atoms in total. The van der Waals surface area contributed by atoms with E-state index in [-0.39, 0.29) is 23.6 Å². The van der Waals surface area contributed by atoms with Crippen molar-refractivity contribution in [1.29, 1.82) is 0 Å². The van der Waals surface area contributed by atoms with Crippen molar-refractivity contribution < 1.29 is 24.2 Å². The van der Waals surface area contributed by atoms with Crippen LogP contribution in [0.2, 0.25) is 0 Å². The lowest BCUT2D eigenvalue weighted by Crippen LogP contribution is -2.40. The first-order chi connectivity index (χ1) is 22.8. The molecule has 1 aromatic heterocycles. The summed E-state index contributed by atoms with van der Waals surface area (Å²) in [5.41, 5.74) is 3.77. The number of carbonyl (C=O) groups is 2. The Kier molecular flexibility index (Phi) is 9.12. The summed E-state index contributed by atoms with van der Waals surface area (Å²) in [6.07, 6.45) is 1.79. The fourth-order valence-corrected chi connectivity index (χ4v) is 6.38. The van der Waals surface area contributed by atoms with Crippen LogP contribution in [-0.4, -0.2) is 28.2 Å². The van der Waals surface area contributed by atoms with E-state index in [0.717, 1.165) is 16.7 Å². The first-order valence-corrected chi connectivity index (χ1v) is 15.8. The molecule has 2 heterocycles. The molecule has 5 aromatic rings. The van der Waals surface area contributed by atoms with Crippen molar-refractivity contribution in [3.63, 3.8) is 0 Å². The standard InChI is InChI=1S/C37H31N3O6S/c1-3-45-29-18-14-26(15-19-29)33-32(34(41)39-28-10-5-4-6-11-28)23(2)38-37-40(33)35(42)31(47-37)21-24-12-16-30(17-13-24)46-22-25-8-7-9-27(20-25)36(43)44/h4-21,33H,3,22H2,1-2H3,(H,39,41)(H,43,44)/b31-21-/t33-/m0/s1. The van der Waals surface area contributed by atoms with E-state index in [0.29, 0.717) is 44.4 Å². The van der Waals surface area contributed by atoms with Crippen LogP contribution in [0.4, 0.5) is 5.69 Å². The van der Waals surface area contributed by atoms with Crippen LogP contribution in [0.15, 0.2) is 124 Å². The number of rotatable bonds is 10. The summed E-state index contributed by atoms with van der Waals surface area (Å²) in [5.74, 6) is -0.0320. The number of aromatic nitrogens is 1. The summed E-state index contributed by atoms with van der Waals surface area (Å²) in [6, 6.07) is 29.8. The summed E-state index contributed by atoms with van der Waals surface area (Å²) < 4.78 is 13.5. The SMILES string of the molecule is CCOc1ccc([C@H]2C(C(=O)Nc3ccccc3)=C(C)N=c3s/c(=C\c4ccc(OCc5cccc(C(=O)O)c5)cc4)c(=O)n32)cc1. The molecule has 0 saturated carbocycles. The van der Waals surface area contributed by atoms with E-state index >= 15 is 0 Å². The van der Waals surface area contributed by atoms with Gasteiger partial charge in [-0.25, -0.2) is 9.79 Å². The smallest absolute Gasteiger partial charge is 0.335 e. The number of amides is 1. The van der Waals surface area contributed by atoms with Crippen molar-refractivity contribution in [2.75, 3.05) is 11.9 Å². The molecule has 1 amide bonds. The number of thiazole rings is 1. The molecular formula is C37H31N3O6S. The van der Waals surface area contributed by atoms with Crippen LogP contribution in [0.5, 0.6) is 11.5 Å². The van der Waals surface area contributed by atoms with E-state index in [1.54, 1.807) is 47.9 Å². The third-order valence-electron chi connectivity index (χ3n) is 7.56. The van der Waals surface area contributed by atoms with Gasteiger partial charge in [-0.15, -0.1) is 0 Å². The van der Waals surface area contributed by atoms with E-state index in [9.17, 15) is 19.5 Å². The first kappa shape index (κ1) is 31.3. The molecule has 0 aliphatic carbocycles. The summed E-state index contributed by atoms with van der Waals surface area (Å²) >= 11 is 1.26.